The summed E-state index contributed by atoms with van der Waals surface area (Å²) in [6.07, 6.45) is 5.03. The Labute approximate surface area is 135 Å². The number of nitrogens with one attached hydrogen (secondary N) is 1. The summed E-state index contributed by atoms with van der Waals surface area (Å²) in [7, 11) is 1.82. The van der Waals surface area contributed by atoms with Crippen LogP contribution in [0.4, 0.5) is 0 Å². The molecule has 2 heteroatoms. The van der Waals surface area contributed by atoms with E-state index in [1.54, 1.807) is 0 Å². The zero-order valence-corrected chi connectivity index (χ0v) is 14.3. The molecule has 1 aromatic carbocycles. The van der Waals surface area contributed by atoms with E-state index in [4.69, 9.17) is 4.74 Å². The first-order valence-corrected chi connectivity index (χ1v) is 8.71. The number of benzene rings is 1. The maximum atomic E-state index is 6.07. The van der Waals surface area contributed by atoms with Crippen LogP contribution in [0.25, 0.3) is 0 Å². The Kier molecular flexibility index (Phi) is 6.49. The molecule has 120 valence electrons. The third kappa shape index (κ3) is 3.72. The molecule has 0 saturated heterocycles. The van der Waals surface area contributed by atoms with E-state index in [0.717, 1.165) is 19.6 Å². The normalized spacial score (nSPS) is 18.0. The lowest BCUT2D eigenvalue weighted by Gasteiger charge is -2.33. The average Bonchev–Trinajstić information content (AvgIpc) is 3.11. The quantitative estimate of drug-likeness (QED) is 0.798. The number of hydrogen-bond acceptors (Lipinski definition) is 1. The van der Waals surface area contributed by atoms with Gasteiger partial charge in [0.05, 0.1) is 13.1 Å². The fourth-order valence-electron chi connectivity index (χ4n) is 3.56. The molecule has 2 nitrogen and oxygen atoms in total. The number of hydrogen-bond donors (Lipinski definition) is 1. The molecule has 0 bridgehead atoms. The van der Waals surface area contributed by atoms with Gasteiger partial charge in [0, 0.05) is 13.0 Å². The van der Waals surface area contributed by atoms with E-state index in [2.05, 4.69) is 56.0 Å². The first kappa shape index (κ1) is 17.1. The summed E-state index contributed by atoms with van der Waals surface area (Å²) in [5.41, 5.74) is 0.788. The minimum Gasteiger partial charge on any atom is -0.361 e. The minimum atomic E-state index is -0.426. The van der Waals surface area contributed by atoms with Gasteiger partial charge in [0.1, 0.15) is 6.54 Å². The Morgan fingerprint density at radius 1 is 1.14 bits per heavy atom. The highest BCUT2D eigenvalue weighted by atomic mass is 16.5. The van der Waals surface area contributed by atoms with Gasteiger partial charge < -0.3 is 9.64 Å². The summed E-state index contributed by atoms with van der Waals surface area (Å²) >= 11 is 0. The van der Waals surface area contributed by atoms with Crippen molar-refractivity contribution in [3.63, 3.8) is 0 Å². The molecule has 1 N–H and O–H groups in total. The Bertz CT molecular complexity index is 491. The molecule has 1 aliphatic carbocycles. The maximum Gasteiger partial charge on any atom is 0.156 e. The van der Waals surface area contributed by atoms with Crippen LogP contribution < -0.4 is 4.90 Å². The third-order valence-corrected chi connectivity index (χ3v) is 5.07. The van der Waals surface area contributed by atoms with Gasteiger partial charge in [-0.15, -0.1) is 0 Å². The molecule has 0 heterocycles. The van der Waals surface area contributed by atoms with Gasteiger partial charge in [0.15, 0.2) is 5.60 Å². The van der Waals surface area contributed by atoms with Crippen molar-refractivity contribution in [2.75, 3.05) is 26.7 Å². The van der Waals surface area contributed by atoms with Crippen LogP contribution in [0.2, 0.25) is 0 Å². The molecule has 1 atom stereocenters. The van der Waals surface area contributed by atoms with Crippen LogP contribution in [0, 0.1) is 17.8 Å². The molecule has 1 saturated carbocycles. The van der Waals surface area contributed by atoms with E-state index in [9.17, 15) is 0 Å². The fraction of sp³-hybridized carbons (Fsp3) is 0.600. The lowest BCUT2D eigenvalue weighted by molar-refractivity contribution is -0.889. The summed E-state index contributed by atoms with van der Waals surface area (Å²) in [5.74, 6) is 7.50. The van der Waals surface area contributed by atoms with E-state index in [1.165, 1.54) is 36.1 Å². The molecule has 1 fully saturated rings. The zero-order valence-electron chi connectivity index (χ0n) is 14.3. The van der Waals surface area contributed by atoms with Gasteiger partial charge in [0.2, 0.25) is 0 Å². The highest BCUT2D eigenvalue weighted by molar-refractivity contribution is 5.34. The van der Waals surface area contributed by atoms with Crippen LogP contribution >= 0.6 is 0 Å². The average molecular weight is 300 g/mol. The molecular formula is C20H30NO+. The van der Waals surface area contributed by atoms with E-state index in [1.807, 2.05) is 7.11 Å². The molecule has 0 amide bonds. The Hall–Kier alpha value is -1.30. The molecule has 0 aliphatic heterocycles. The maximum absolute atomic E-state index is 6.07. The molecular weight excluding hydrogens is 270 g/mol. The molecule has 1 aliphatic rings. The second-order valence-corrected chi connectivity index (χ2v) is 6.22. The van der Waals surface area contributed by atoms with Gasteiger partial charge in [-0.25, -0.2) is 0 Å². The second kappa shape index (κ2) is 8.36. The van der Waals surface area contributed by atoms with Gasteiger partial charge in [-0.2, -0.15) is 0 Å². The standard InChI is InChI=1S/C20H29NO/c1-4-21(5-2)17-11-16-20(22-3,19-14-9-10-15-19)18-12-7-6-8-13-18/h6-8,12-13,19H,4-5,9-10,14-15,17H2,1-3H3/p+1. The lowest BCUT2D eigenvalue weighted by atomic mass is 9.80. The van der Waals surface area contributed by atoms with Crippen LogP contribution in [-0.4, -0.2) is 26.7 Å². The Morgan fingerprint density at radius 2 is 1.77 bits per heavy atom. The highest BCUT2D eigenvalue weighted by Gasteiger charge is 2.40. The summed E-state index contributed by atoms with van der Waals surface area (Å²) < 4.78 is 6.07. The monoisotopic (exact) mass is 300 g/mol. The summed E-state index contributed by atoms with van der Waals surface area (Å²) in [5, 5.41) is 0. The van der Waals surface area contributed by atoms with Crippen molar-refractivity contribution in [1.82, 2.24) is 0 Å². The van der Waals surface area contributed by atoms with Crippen LogP contribution in [0.1, 0.15) is 45.1 Å². The van der Waals surface area contributed by atoms with Gasteiger partial charge in [-0.05, 0) is 38.2 Å². The summed E-state index contributed by atoms with van der Waals surface area (Å²) in [4.78, 5) is 1.52. The first-order chi connectivity index (χ1) is 10.8. The van der Waals surface area contributed by atoms with Crippen molar-refractivity contribution in [3.8, 4) is 11.8 Å². The van der Waals surface area contributed by atoms with Crippen LogP contribution in [0.3, 0.4) is 0 Å². The molecule has 0 spiro atoms. The number of ether oxygens (including phenoxy) is 1. The predicted molar refractivity (Wildman–Crippen MR) is 91.8 cm³/mol. The second-order valence-electron chi connectivity index (χ2n) is 6.22. The van der Waals surface area contributed by atoms with Gasteiger partial charge in [-0.3, -0.25) is 0 Å². The van der Waals surface area contributed by atoms with Crippen LogP contribution in [-0.2, 0) is 10.3 Å². The van der Waals surface area contributed by atoms with Crippen molar-refractivity contribution < 1.29 is 9.64 Å². The summed E-state index contributed by atoms with van der Waals surface area (Å²) in [6, 6.07) is 10.6. The molecule has 22 heavy (non-hydrogen) atoms. The van der Waals surface area contributed by atoms with Crippen LogP contribution in [0.5, 0.6) is 0 Å². The summed E-state index contributed by atoms with van der Waals surface area (Å²) in [6.45, 7) is 7.59. The number of quaternary nitrogens is 1. The van der Waals surface area contributed by atoms with Crippen molar-refractivity contribution in [3.05, 3.63) is 35.9 Å². The van der Waals surface area contributed by atoms with Gasteiger partial charge in [0.25, 0.3) is 0 Å². The van der Waals surface area contributed by atoms with Gasteiger partial charge in [-0.1, -0.05) is 49.1 Å². The topological polar surface area (TPSA) is 13.7 Å². The zero-order chi connectivity index (χ0) is 15.8. The van der Waals surface area contributed by atoms with E-state index >= 15 is 0 Å². The smallest absolute Gasteiger partial charge is 0.156 e. The van der Waals surface area contributed by atoms with E-state index < -0.39 is 5.60 Å². The van der Waals surface area contributed by atoms with Crippen LogP contribution in [0.15, 0.2) is 30.3 Å². The Morgan fingerprint density at radius 3 is 2.32 bits per heavy atom. The van der Waals surface area contributed by atoms with Crippen molar-refractivity contribution in [2.24, 2.45) is 5.92 Å². The molecule has 0 radical (unpaired) electrons. The van der Waals surface area contributed by atoms with Crippen molar-refractivity contribution in [1.29, 1.82) is 0 Å². The highest BCUT2D eigenvalue weighted by Crippen LogP contribution is 2.42. The molecule has 0 aromatic heterocycles. The first-order valence-electron chi connectivity index (χ1n) is 8.71. The Balaban J connectivity index is 2.30. The number of methoxy groups -OCH3 is 1. The SMILES string of the molecule is CC[NH+](CC)CC#CC(OC)(c1ccccc1)C1CCCC1. The molecule has 1 aromatic rings. The van der Waals surface area contributed by atoms with Gasteiger partial charge >= 0.3 is 0 Å². The number of rotatable bonds is 6. The largest absolute Gasteiger partial charge is 0.361 e. The fourth-order valence-corrected chi connectivity index (χ4v) is 3.56. The van der Waals surface area contributed by atoms with Crippen molar-refractivity contribution in [2.45, 2.75) is 45.1 Å². The lowest BCUT2D eigenvalue weighted by Crippen LogP contribution is -3.11. The van der Waals surface area contributed by atoms with E-state index in [0.29, 0.717) is 5.92 Å². The molecule has 2 rings (SSSR count). The van der Waals surface area contributed by atoms with Crippen molar-refractivity contribution >= 4 is 0 Å². The van der Waals surface area contributed by atoms with E-state index in [-0.39, 0.29) is 0 Å². The minimum absolute atomic E-state index is 0.426. The predicted octanol–water partition coefficient (Wildman–Crippen LogP) is 2.65. The third-order valence-electron chi connectivity index (χ3n) is 5.07. The molecule has 1 unspecified atom stereocenters.